The number of aromatic nitrogens is 2. The predicted octanol–water partition coefficient (Wildman–Crippen LogP) is 2.74. The van der Waals surface area contributed by atoms with E-state index in [-0.39, 0.29) is 0 Å². The molecule has 0 aromatic carbocycles. The van der Waals surface area contributed by atoms with Crippen LogP contribution in [-0.2, 0) is 6.54 Å². The quantitative estimate of drug-likeness (QED) is 0.882. The van der Waals surface area contributed by atoms with Crippen molar-refractivity contribution in [3.63, 3.8) is 0 Å². The zero-order valence-corrected chi connectivity index (χ0v) is 12.7. The van der Waals surface area contributed by atoms with E-state index in [2.05, 4.69) is 47.1 Å². The summed E-state index contributed by atoms with van der Waals surface area (Å²) in [6, 6.07) is 0.729. The van der Waals surface area contributed by atoms with Crippen molar-refractivity contribution in [3.05, 3.63) is 17.3 Å². The molecule has 1 N–H and O–H groups in total. The van der Waals surface area contributed by atoms with Crippen molar-refractivity contribution in [1.82, 2.24) is 14.7 Å². The molecule has 1 aliphatic rings. The van der Waals surface area contributed by atoms with E-state index >= 15 is 0 Å². The fourth-order valence-corrected chi connectivity index (χ4v) is 3.18. The molecule has 2 heterocycles. The zero-order chi connectivity index (χ0) is 13.4. The topological polar surface area (TPSA) is 32.6 Å². The molecule has 3 rings (SSSR count). The van der Waals surface area contributed by atoms with Gasteiger partial charge in [0.1, 0.15) is 0 Å². The Balaban J connectivity index is 1.87. The summed E-state index contributed by atoms with van der Waals surface area (Å²) in [4.78, 5) is 8.17. The SMILES string of the molecule is CC(C)CN(C)c1nc2sccn2c1CNC1CC1. The monoisotopic (exact) mass is 278 g/mol. The Labute approximate surface area is 118 Å². The van der Waals surface area contributed by atoms with E-state index in [1.54, 1.807) is 11.3 Å². The Kier molecular flexibility index (Phi) is 3.50. The minimum Gasteiger partial charge on any atom is -0.358 e. The highest BCUT2D eigenvalue weighted by atomic mass is 32.1. The van der Waals surface area contributed by atoms with E-state index in [0.717, 1.165) is 29.9 Å². The van der Waals surface area contributed by atoms with Crippen LogP contribution in [0.3, 0.4) is 0 Å². The predicted molar refractivity (Wildman–Crippen MR) is 81.0 cm³/mol. The molecular weight excluding hydrogens is 256 g/mol. The van der Waals surface area contributed by atoms with E-state index in [9.17, 15) is 0 Å². The van der Waals surface area contributed by atoms with Gasteiger partial charge in [0, 0.05) is 37.8 Å². The molecule has 0 radical (unpaired) electrons. The third-order valence-electron chi connectivity index (χ3n) is 3.48. The van der Waals surface area contributed by atoms with Crippen LogP contribution in [0.25, 0.3) is 4.96 Å². The van der Waals surface area contributed by atoms with Crippen LogP contribution in [-0.4, -0.2) is 29.0 Å². The van der Waals surface area contributed by atoms with Gasteiger partial charge in [0.15, 0.2) is 10.8 Å². The molecule has 0 spiro atoms. The molecule has 104 valence electrons. The van der Waals surface area contributed by atoms with Crippen molar-refractivity contribution in [2.75, 3.05) is 18.5 Å². The van der Waals surface area contributed by atoms with Crippen molar-refractivity contribution in [2.45, 2.75) is 39.3 Å². The maximum atomic E-state index is 4.79. The minimum atomic E-state index is 0.647. The van der Waals surface area contributed by atoms with Gasteiger partial charge in [-0.1, -0.05) is 13.8 Å². The Bertz CT molecular complexity index is 553. The zero-order valence-electron chi connectivity index (χ0n) is 11.9. The van der Waals surface area contributed by atoms with Gasteiger partial charge in [-0.2, -0.15) is 0 Å². The molecule has 4 nitrogen and oxygen atoms in total. The van der Waals surface area contributed by atoms with Crippen molar-refractivity contribution in [1.29, 1.82) is 0 Å². The molecule has 0 amide bonds. The number of nitrogens with one attached hydrogen (secondary N) is 1. The van der Waals surface area contributed by atoms with Crippen molar-refractivity contribution in [3.8, 4) is 0 Å². The minimum absolute atomic E-state index is 0.647. The number of imidazole rings is 1. The van der Waals surface area contributed by atoms with Gasteiger partial charge in [0.25, 0.3) is 0 Å². The summed E-state index contributed by atoms with van der Waals surface area (Å²) in [6.07, 6.45) is 4.77. The summed E-state index contributed by atoms with van der Waals surface area (Å²) in [5, 5.41) is 5.71. The lowest BCUT2D eigenvalue weighted by atomic mass is 10.2. The Morgan fingerprint density at radius 1 is 1.53 bits per heavy atom. The lowest BCUT2D eigenvalue weighted by Crippen LogP contribution is -2.25. The van der Waals surface area contributed by atoms with Gasteiger partial charge in [-0.15, -0.1) is 11.3 Å². The van der Waals surface area contributed by atoms with E-state index in [1.807, 2.05) is 0 Å². The maximum Gasteiger partial charge on any atom is 0.195 e. The maximum absolute atomic E-state index is 4.79. The molecule has 2 aromatic rings. The molecule has 2 aromatic heterocycles. The van der Waals surface area contributed by atoms with Gasteiger partial charge in [-0.05, 0) is 18.8 Å². The molecular formula is C14H22N4S. The normalized spacial score (nSPS) is 15.6. The van der Waals surface area contributed by atoms with Gasteiger partial charge in [-0.3, -0.25) is 4.40 Å². The number of hydrogen-bond acceptors (Lipinski definition) is 4. The Morgan fingerprint density at radius 3 is 3.00 bits per heavy atom. The number of rotatable bonds is 6. The van der Waals surface area contributed by atoms with Crippen LogP contribution in [0.1, 0.15) is 32.4 Å². The highest BCUT2D eigenvalue weighted by Gasteiger charge is 2.23. The Hall–Kier alpha value is -1.07. The molecule has 0 atom stereocenters. The second-order valence-electron chi connectivity index (χ2n) is 5.87. The van der Waals surface area contributed by atoms with Crippen LogP contribution in [0.5, 0.6) is 0 Å². The number of anilines is 1. The first-order valence-electron chi connectivity index (χ1n) is 7.04. The first-order chi connectivity index (χ1) is 9.15. The molecule has 0 bridgehead atoms. The number of nitrogens with zero attached hydrogens (tertiary/aromatic N) is 3. The summed E-state index contributed by atoms with van der Waals surface area (Å²) >= 11 is 1.71. The standard InChI is InChI=1S/C14H22N4S/c1-10(2)9-17(3)13-12(8-15-11-4-5-11)18-6-7-19-14(18)16-13/h6-7,10-11,15H,4-5,8-9H2,1-3H3. The second-order valence-corrected chi connectivity index (χ2v) is 6.74. The third kappa shape index (κ3) is 2.77. The number of thiazole rings is 1. The molecule has 1 aliphatic carbocycles. The van der Waals surface area contributed by atoms with E-state index in [0.29, 0.717) is 5.92 Å². The van der Waals surface area contributed by atoms with Crippen LogP contribution in [0.2, 0.25) is 0 Å². The summed E-state index contributed by atoms with van der Waals surface area (Å²) in [5.74, 6) is 1.78. The average molecular weight is 278 g/mol. The molecule has 0 unspecified atom stereocenters. The average Bonchev–Trinajstić information content (AvgIpc) is 2.94. The molecule has 0 aliphatic heterocycles. The van der Waals surface area contributed by atoms with Crippen molar-refractivity contribution < 1.29 is 0 Å². The fourth-order valence-electron chi connectivity index (χ4n) is 2.45. The summed E-state index contributed by atoms with van der Waals surface area (Å²) < 4.78 is 2.23. The Morgan fingerprint density at radius 2 is 2.32 bits per heavy atom. The van der Waals surface area contributed by atoms with Crippen LogP contribution in [0, 0.1) is 5.92 Å². The smallest absolute Gasteiger partial charge is 0.195 e. The highest BCUT2D eigenvalue weighted by Crippen LogP contribution is 2.26. The molecule has 1 fully saturated rings. The first kappa shape index (κ1) is 12.9. The largest absolute Gasteiger partial charge is 0.358 e. The van der Waals surface area contributed by atoms with Crippen LogP contribution in [0.4, 0.5) is 5.82 Å². The summed E-state index contributed by atoms with van der Waals surface area (Å²) in [7, 11) is 2.15. The van der Waals surface area contributed by atoms with Crippen molar-refractivity contribution in [2.24, 2.45) is 5.92 Å². The van der Waals surface area contributed by atoms with Gasteiger partial charge in [0.05, 0.1) is 5.69 Å². The second kappa shape index (κ2) is 5.13. The molecule has 5 heteroatoms. The van der Waals surface area contributed by atoms with E-state index in [1.165, 1.54) is 18.5 Å². The van der Waals surface area contributed by atoms with Crippen molar-refractivity contribution >= 4 is 22.1 Å². The summed E-state index contributed by atoms with van der Waals surface area (Å²) in [5.41, 5.74) is 1.30. The summed E-state index contributed by atoms with van der Waals surface area (Å²) in [6.45, 7) is 6.45. The first-order valence-corrected chi connectivity index (χ1v) is 7.92. The fraction of sp³-hybridized carbons (Fsp3) is 0.643. The molecule has 0 saturated heterocycles. The van der Waals surface area contributed by atoms with Crippen LogP contribution >= 0.6 is 11.3 Å². The number of hydrogen-bond donors (Lipinski definition) is 1. The molecule has 1 saturated carbocycles. The van der Waals surface area contributed by atoms with Crippen LogP contribution in [0.15, 0.2) is 11.6 Å². The van der Waals surface area contributed by atoms with E-state index < -0.39 is 0 Å². The third-order valence-corrected chi connectivity index (χ3v) is 4.23. The lowest BCUT2D eigenvalue weighted by molar-refractivity contribution is 0.627. The highest BCUT2D eigenvalue weighted by molar-refractivity contribution is 7.15. The van der Waals surface area contributed by atoms with Gasteiger partial charge in [-0.25, -0.2) is 4.98 Å². The van der Waals surface area contributed by atoms with Gasteiger partial charge in [0.2, 0.25) is 0 Å². The number of fused-ring (bicyclic) bond motifs is 1. The van der Waals surface area contributed by atoms with Gasteiger partial charge < -0.3 is 10.2 Å². The van der Waals surface area contributed by atoms with Gasteiger partial charge >= 0.3 is 0 Å². The lowest BCUT2D eigenvalue weighted by Gasteiger charge is -2.20. The van der Waals surface area contributed by atoms with Crippen LogP contribution < -0.4 is 10.2 Å². The molecule has 19 heavy (non-hydrogen) atoms. The van der Waals surface area contributed by atoms with E-state index in [4.69, 9.17) is 4.98 Å².